The minimum Gasteiger partial charge on any atom is -0.394 e. The van der Waals surface area contributed by atoms with Crippen LogP contribution in [0.1, 0.15) is 23.7 Å². The zero-order valence-electron chi connectivity index (χ0n) is 8.86. The molecule has 0 saturated heterocycles. The van der Waals surface area contributed by atoms with Crippen molar-refractivity contribution in [1.82, 2.24) is 5.32 Å². The lowest BCUT2D eigenvalue weighted by Crippen LogP contribution is -2.53. The molecule has 0 fully saturated rings. The molecule has 0 aliphatic carbocycles. The molecule has 1 amide bonds. The molecule has 3 N–H and O–H groups in total. The number of hydrogen-bond donors (Lipinski definition) is 3. The van der Waals surface area contributed by atoms with Gasteiger partial charge in [0.05, 0.1) is 27.2 Å². The first kappa shape index (κ1) is 13.9. The van der Waals surface area contributed by atoms with Gasteiger partial charge in [-0.15, -0.1) is 11.3 Å². The molecule has 6 heteroatoms. The van der Waals surface area contributed by atoms with Gasteiger partial charge in [0.15, 0.2) is 0 Å². The van der Waals surface area contributed by atoms with E-state index in [1.807, 2.05) is 6.92 Å². The number of nitrogens with one attached hydrogen (secondary N) is 1. The summed E-state index contributed by atoms with van der Waals surface area (Å²) in [5.41, 5.74) is -0.362. The fraction of sp³-hybridized carbons (Fsp3) is 0.500. The number of thiophene rings is 1. The molecule has 0 aliphatic heterocycles. The number of aliphatic hydroxyl groups excluding tert-OH is 2. The standard InChI is InChI=1S/C10H14INO3S/c1-2-10(5-13,6-14)12-9(15)7-3-8(11)16-4-7/h3-4,13-14H,2,5-6H2,1H3,(H,12,15). The largest absolute Gasteiger partial charge is 0.394 e. The zero-order valence-corrected chi connectivity index (χ0v) is 11.8. The lowest BCUT2D eigenvalue weighted by atomic mass is 9.98. The molecule has 0 spiro atoms. The van der Waals surface area contributed by atoms with Gasteiger partial charge in [-0.2, -0.15) is 0 Å². The predicted octanol–water partition coefficient (Wildman–Crippen LogP) is 1.22. The Bertz CT molecular complexity index is 354. The van der Waals surface area contributed by atoms with Crippen LogP contribution in [-0.4, -0.2) is 34.9 Å². The zero-order chi connectivity index (χ0) is 12.2. The summed E-state index contributed by atoms with van der Waals surface area (Å²) in [5.74, 6) is -0.260. The van der Waals surface area contributed by atoms with Gasteiger partial charge >= 0.3 is 0 Å². The molecule has 1 aromatic rings. The molecule has 0 aliphatic rings. The van der Waals surface area contributed by atoms with Crippen LogP contribution >= 0.6 is 33.9 Å². The molecule has 0 atom stereocenters. The maximum atomic E-state index is 11.8. The highest BCUT2D eigenvalue weighted by Crippen LogP contribution is 2.18. The summed E-state index contributed by atoms with van der Waals surface area (Å²) in [6.07, 6.45) is 0.479. The van der Waals surface area contributed by atoms with Crippen LogP contribution in [0.3, 0.4) is 0 Å². The molecule has 90 valence electrons. The van der Waals surface area contributed by atoms with Crippen molar-refractivity contribution in [2.24, 2.45) is 0 Å². The van der Waals surface area contributed by atoms with Crippen molar-refractivity contribution < 1.29 is 15.0 Å². The Kier molecular flexibility index (Phi) is 5.16. The van der Waals surface area contributed by atoms with E-state index in [1.165, 1.54) is 11.3 Å². The number of rotatable bonds is 5. The van der Waals surface area contributed by atoms with Crippen LogP contribution in [0.4, 0.5) is 0 Å². The highest BCUT2D eigenvalue weighted by atomic mass is 127. The second kappa shape index (κ2) is 5.95. The van der Waals surface area contributed by atoms with Crippen LogP contribution in [0, 0.1) is 2.88 Å². The van der Waals surface area contributed by atoms with E-state index in [0.717, 1.165) is 2.88 Å². The van der Waals surface area contributed by atoms with Gasteiger partial charge in [0.25, 0.3) is 5.91 Å². The van der Waals surface area contributed by atoms with E-state index in [1.54, 1.807) is 11.4 Å². The Labute approximate surface area is 112 Å². The fourth-order valence-corrected chi connectivity index (χ4v) is 2.51. The SMILES string of the molecule is CCC(CO)(CO)NC(=O)c1csc(I)c1. The van der Waals surface area contributed by atoms with Gasteiger partial charge in [-0.1, -0.05) is 6.92 Å². The van der Waals surface area contributed by atoms with Crippen molar-refractivity contribution >= 4 is 39.8 Å². The maximum Gasteiger partial charge on any atom is 0.252 e. The normalized spacial score (nSPS) is 11.5. The molecule has 0 aromatic carbocycles. The predicted molar refractivity (Wildman–Crippen MR) is 71.7 cm³/mol. The molecular weight excluding hydrogens is 341 g/mol. The van der Waals surface area contributed by atoms with Crippen molar-refractivity contribution in [2.75, 3.05) is 13.2 Å². The highest BCUT2D eigenvalue weighted by molar-refractivity contribution is 14.1. The minimum atomic E-state index is -0.926. The van der Waals surface area contributed by atoms with Gasteiger partial charge in [0.1, 0.15) is 0 Å². The van der Waals surface area contributed by atoms with E-state index < -0.39 is 5.54 Å². The first-order valence-corrected chi connectivity index (χ1v) is 6.81. The second-order valence-corrected chi connectivity index (χ2v) is 6.35. The molecule has 16 heavy (non-hydrogen) atoms. The second-order valence-electron chi connectivity index (χ2n) is 3.54. The maximum absolute atomic E-state index is 11.8. The van der Waals surface area contributed by atoms with Crippen LogP contribution in [0.5, 0.6) is 0 Å². The fourth-order valence-electron chi connectivity index (χ4n) is 1.18. The van der Waals surface area contributed by atoms with Crippen LogP contribution < -0.4 is 5.32 Å². The summed E-state index contributed by atoms with van der Waals surface area (Å²) >= 11 is 3.62. The van der Waals surface area contributed by atoms with E-state index in [-0.39, 0.29) is 19.1 Å². The van der Waals surface area contributed by atoms with Crippen molar-refractivity contribution in [3.63, 3.8) is 0 Å². The van der Waals surface area contributed by atoms with E-state index >= 15 is 0 Å². The monoisotopic (exact) mass is 355 g/mol. The lowest BCUT2D eigenvalue weighted by molar-refractivity contribution is 0.0653. The van der Waals surface area contributed by atoms with Gasteiger partial charge in [0, 0.05) is 5.38 Å². The molecule has 0 radical (unpaired) electrons. The van der Waals surface area contributed by atoms with Crippen molar-refractivity contribution in [3.8, 4) is 0 Å². The number of amides is 1. The Hall–Kier alpha value is -0.180. The van der Waals surface area contributed by atoms with Crippen LogP contribution in [0.2, 0.25) is 0 Å². The summed E-state index contributed by atoms with van der Waals surface area (Å²) in [7, 11) is 0. The third-order valence-corrected chi connectivity index (χ3v) is 4.28. The molecule has 1 rings (SSSR count). The first-order chi connectivity index (χ1) is 7.56. The van der Waals surface area contributed by atoms with Gasteiger partial charge in [-0.3, -0.25) is 4.79 Å². The average molecular weight is 355 g/mol. The smallest absolute Gasteiger partial charge is 0.252 e. The third-order valence-electron chi connectivity index (χ3n) is 2.49. The topological polar surface area (TPSA) is 69.6 Å². The molecule has 0 bridgehead atoms. The van der Waals surface area contributed by atoms with E-state index in [4.69, 9.17) is 0 Å². The van der Waals surface area contributed by atoms with Gasteiger partial charge in [0.2, 0.25) is 0 Å². The summed E-state index contributed by atoms with van der Waals surface area (Å²) in [6, 6.07) is 1.77. The molecule has 1 heterocycles. The number of halogens is 1. The Morgan fingerprint density at radius 3 is 2.56 bits per heavy atom. The summed E-state index contributed by atoms with van der Waals surface area (Å²) in [5, 5.41) is 22.8. The highest BCUT2D eigenvalue weighted by Gasteiger charge is 2.29. The van der Waals surface area contributed by atoms with Crippen LogP contribution in [0.15, 0.2) is 11.4 Å². The lowest BCUT2D eigenvalue weighted by Gasteiger charge is -2.29. The average Bonchev–Trinajstić information content (AvgIpc) is 2.73. The number of carbonyl (C=O) groups excluding carboxylic acids is 1. The number of carbonyl (C=O) groups is 1. The van der Waals surface area contributed by atoms with Gasteiger partial charge in [-0.25, -0.2) is 0 Å². The van der Waals surface area contributed by atoms with E-state index in [2.05, 4.69) is 27.9 Å². The molecule has 1 aromatic heterocycles. The quantitative estimate of drug-likeness (QED) is 0.696. The Balaban J connectivity index is 2.76. The summed E-state index contributed by atoms with van der Waals surface area (Å²) < 4.78 is 1.03. The minimum absolute atomic E-state index is 0.260. The molecule has 0 unspecified atom stereocenters. The van der Waals surface area contributed by atoms with E-state index in [0.29, 0.717) is 12.0 Å². The van der Waals surface area contributed by atoms with Crippen molar-refractivity contribution in [2.45, 2.75) is 18.9 Å². The summed E-state index contributed by atoms with van der Waals surface area (Å²) in [4.78, 5) is 11.8. The number of aliphatic hydroxyl groups is 2. The molecule has 0 saturated carbocycles. The van der Waals surface area contributed by atoms with Crippen LogP contribution in [-0.2, 0) is 0 Å². The number of hydrogen-bond acceptors (Lipinski definition) is 4. The van der Waals surface area contributed by atoms with Crippen LogP contribution in [0.25, 0.3) is 0 Å². The first-order valence-electron chi connectivity index (χ1n) is 4.85. The molecule has 4 nitrogen and oxygen atoms in total. The Morgan fingerprint density at radius 1 is 1.56 bits per heavy atom. The Morgan fingerprint density at radius 2 is 2.19 bits per heavy atom. The van der Waals surface area contributed by atoms with Crippen molar-refractivity contribution in [3.05, 3.63) is 19.9 Å². The molecular formula is C10H14INO3S. The van der Waals surface area contributed by atoms with E-state index in [9.17, 15) is 15.0 Å². The van der Waals surface area contributed by atoms with Gasteiger partial charge in [-0.05, 0) is 35.1 Å². The summed E-state index contributed by atoms with van der Waals surface area (Å²) in [6.45, 7) is 1.27. The van der Waals surface area contributed by atoms with Gasteiger partial charge < -0.3 is 15.5 Å². The third kappa shape index (κ3) is 3.16. The van der Waals surface area contributed by atoms with Crippen molar-refractivity contribution in [1.29, 1.82) is 0 Å².